The highest BCUT2D eigenvalue weighted by Crippen LogP contribution is 2.54. The van der Waals surface area contributed by atoms with Crippen molar-refractivity contribution < 1.29 is 58.3 Å². The molecule has 0 bridgehead atoms. The Balaban J connectivity index is 4.98. The van der Waals surface area contributed by atoms with Gasteiger partial charge in [0.2, 0.25) is 0 Å². The minimum atomic E-state index is -6.74. The number of alkyl halides is 9. The van der Waals surface area contributed by atoms with Gasteiger partial charge in [0.25, 0.3) is 0 Å². The van der Waals surface area contributed by atoms with Gasteiger partial charge in [0.15, 0.2) is 0 Å². The summed E-state index contributed by atoms with van der Waals surface area (Å²) in [7, 11) is 2.98. The van der Waals surface area contributed by atoms with Crippen LogP contribution in [0, 0.1) is 0 Å². The second-order valence-corrected chi connectivity index (χ2v) is 6.13. The number of halogens is 9. The van der Waals surface area contributed by atoms with Crippen molar-refractivity contribution in [2.24, 2.45) is 0 Å². The zero-order valence-electron chi connectivity index (χ0n) is 14.4. The topological polar surface area (TPSA) is 35.5 Å². The Morgan fingerprint density at radius 1 is 0.889 bits per heavy atom. The molecule has 0 N–H and O–H groups in total. The number of carbonyl (C=O) groups is 1. The molecule has 0 aliphatic carbocycles. The minimum absolute atomic E-state index is 0.0508. The van der Waals surface area contributed by atoms with Crippen molar-refractivity contribution in [2.45, 2.75) is 30.6 Å². The lowest BCUT2D eigenvalue weighted by molar-refractivity contribution is -0.890. The number of nitrogens with zero attached hydrogens (tertiary/aromatic N) is 1. The number of quaternary nitrogens is 1. The summed E-state index contributed by atoms with van der Waals surface area (Å²) in [4.78, 5) is 10.9. The number of rotatable bonds is 9. The predicted octanol–water partition coefficient (Wildman–Crippen LogP) is 3.62. The van der Waals surface area contributed by atoms with Crippen molar-refractivity contribution >= 4 is 5.97 Å². The van der Waals surface area contributed by atoms with Gasteiger partial charge in [-0.15, -0.1) is 0 Å². The van der Waals surface area contributed by atoms with Crippen molar-refractivity contribution in [3.8, 4) is 0 Å². The number of likely N-dealkylation sites (N-methyl/N-ethyl adjacent to an activating group) is 1. The molecule has 0 heterocycles. The fourth-order valence-electron chi connectivity index (χ4n) is 2.01. The van der Waals surface area contributed by atoms with Crippen LogP contribution in [0.4, 0.5) is 39.5 Å². The average Bonchev–Trinajstić information content (AvgIpc) is 2.42. The lowest BCUT2D eigenvalue weighted by Crippen LogP contribution is -2.67. The lowest BCUT2D eigenvalue weighted by Gasteiger charge is -2.38. The third kappa shape index (κ3) is 6.55. The van der Waals surface area contributed by atoms with Gasteiger partial charge in [0, 0.05) is 12.5 Å². The fourth-order valence-corrected chi connectivity index (χ4v) is 2.01. The summed E-state index contributed by atoms with van der Waals surface area (Å²) < 4.78 is 122. The van der Waals surface area contributed by atoms with Crippen LogP contribution in [-0.4, -0.2) is 75.0 Å². The van der Waals surface area contributed by atoms with Crippen molar-refractivity contribution in [3.63, 3.8) is 0 Å². The number of carbonyl (C=O) groups excluding carboxylic acids is 1. The van der Waals surface area contributed by atoms with Gasteiger partial charge >= 0.3 is 30.1 Å². The molecule has 0 saturated carbocycles. The van der Waals surface area contributed by atoms with E-state index < -0.39 is 43.1 Å². The zero-order valence-corrected chi connectivity index (χ0v) is 14.4. The van der Waals surface area contributed by atoms with E-state index in [4.69, 9.17) is 0 Å². The summed E-state index contributed by atoms with van der Waals surface area (Å²) in [5.41, 5.74) is -6.26. The first-order valence-corrected chi connectivity index (χ1v) is 7.36. The van der Waals surface area contributed by atoms with Crippen molar-refractivity contribution in [2.75, 3.05) is 40.4 Å². The molecule has 13 heteroatoms. The molecule has 0 amide bonds. The second-order valence-electron chi connectivity index (χ2n) is 6.13. The minimum Gasteiger partial charge on any atom is -0.457 e. The van der Waals surface area contributed by atoms with Crippen LogP contribution < -0.4 is 0 Å². The van der Waals surface area contributed by atoms with Crippen LogP contribution in [0.5, 0.6) is 0 Å². The molecule has 4 nitrogen and oxygen atoms in total. The molecule has 0 radical (unpaired) electrons. The highest BCUT2D eigenvalue weighted by molar-refractivity contribution is 5.81. The van der Waals surface area contributed by atoms with Gasteiger partial charge in [-0.05, 0) is 0 Å². The highest BCUT2D eigenvalue weighted by atomic mass is 19.4. The molecule has 160 valence electrons. The van der Waals surface area contributed by atoms with E-state index in [1.54, 1.807) is 0 Å². The molecule has 0 fully saturated rings. The normalized spacial score (nSPS) is 14.2. The summed E-state index contributed by atoms with van der Waals surface area (Å²) in [6.07, 6.45) is -19.9. The fraction of sp³-hybridized carbons (Fsp3) is 0.786. The summed E-state index contributed by atoms with van der Waals surface area (Å²) in [6, 6.07) is 0. The number of hydrogen-bond donors (Lipinski definition) is 0. The number of hydrogen-bond acceptors (Lipinski definition) is 3. The van der Waals surface area contributed by atoms with Gasteiger partial charge in [0.1, 0.15) is 13.2 Å². The van der Waals surface area contributed by atoms with E-state index in [2.05, 4.69) is 16.1 Å². The van der Waals surface area contributed by atoms with Crippen LogP contribution >= 0.6 is 0 Å². The Morgan fingerprint density at radius 2 is 1.33 bits per heavy atom. The van der Waals surface area contributed by atoms with Gasteiger partial charge in [-0.2, -0.15) is 39.5 Å². The molecule has 0 rings (SSSR count). The first-order chi connectivity index (χ1) is 11.9. The maximum atomic E-state index is 12.7. The third-order valence-electron chi connectivity index (χ3n) is 3.53. The van der Waals surface area contributed by atoms with Crippen molar-refractivity contribution in [1.29, 1.82) is 0 Å². The monoisotopic (exact) mass is 420 g/mol. The first kappa shape index (κ1) is 25.5. The third-order valence-corrected chi connectivity index (χ3v) is 3.53. The van der Waals surface area contributed by atoms with Crippen LogP contribution in [-0.2, 0) is 14.3 Å². The van der Waals surface area contributed by atoms with Crippen LogP contribution in [0.2, 0.25) is 0 Å². The molecule has 27 heavy (non-hydrogen) atoms. The molecule has 0 unspecified atom stereocenters. The van der Waals surface area contributed by atoms with Crippen molar-refractivity contribution in [1.82, 2.24) is 0 Å². The van der Waals surface area contributed by atoms with Crippen LogP contribution in [0.15, 0.2) is 12.7 Å². The summed E-state index contributed by atoms with van der Waals surface area (Å²) in [5.74, 6) is -0.733. The zero-order chi connectivity index (χ0) is 21.7. The van der Waals surface area contributed by atoms with Gasteiger partial charge in [0.05, 0.1) is 27.2 Å². The van der Waals surface area contributed by atoms with Crippen LogP contribution in [0.3, 0.4) is 0 Å². The number of ether oxygens (including phenoxy) is 2. The van der Waals surface area contributed by atoms with Gasteiger partial charge in [-0.3, -0.25) is 0 Å². The van der Waals surface area contributed by atoms with Gasteiger partial charge in [-0.25, -0.2) is 4.79 Å². The Hall–Kier alpha value is -1.50. The van der Waals surface area contributed by atoms with Crippen LogP contribution in [0.25, 0.3) is 0 Å². The molecule has 0 aromatic carbocycles. The predicted molar refractivity (Wildman–Crippen MR) is 74.5 cm³/mol. The maximum absolute atomic E-state index is 12.7. The Labute approximate surface area is 149 Å². The first-order valence-electron chi connectivity index (χ1n) is 7.36. The Kier molecular flexibility index (Phi) is 8.19. The smallest absolute Gasteiger partial charge is 0.435 e. The average molecular weight is 420 g/mol. The highest BCUT2D eigenvalue weighted by Gasteiger charge is 2.85. The van der Waals surface area contributed by atoms with E-state index in [1.807, 2.05) is 0 Å². The maximum Gasteiger partial charge on any atom is 0.435 e. The van der Waals surface area contributed by atoms with E-state index in [9.17, 15) is 44.3 Å². The molecule has 0 aliphatic rings. The van der Waals surface area contributed by atoms with E-state index in [0.29, 0.717) is 0 Å². The molecule has 0 saturated heterocycles. The molecule has 0 aromatic heterocycles. The molecule has 0 spiro atoms. The van der Waals surface area contributed by atoms with E-state index >= 15 is 0 Å². The molecule has 0 aromatic rings. The van der Waals surface area contributed by atoms with E-state index in [1.165, 1.54) is 14.1 Å². The van der Waals surface area contributed by atoms with E-state index in [0.717, 1.165) is 6.08 Å². The number of esters is 1. The lowest BCUT2D eigenvalue weighted by atomic mass is 10.0. The molecule has 0 atom stereocenters. The molecule has 0 aliphatic heterocycles. The molecular weight excluding hydrogens is 401 g/mol. The quantitative estimate of drug-likeness (QED) is 0.188. The Bertz CT molecular complexity index is 473. The van der Waals surface area contributed by atoms with Gasteiger partial charge < -0.3 is 14.0 Å². The largest absolute Gasteiger partial charge is 0.457 e. The SMILES string of the molecule is C=CC(=O)OCC[N+](C)(C)CCCOC(C(F)(F)F)(C(F)(F)F)C(F)(F)F. The van der Waals surface area contributed by atoms with Crippen LogP contribution in [0.1, 0.15) is 6.42 Å². The van der Waals surface area contributed by atoms with Crippen molar-refractivity contribution in [3.05, 3.63) is 12.7 Å². The summed E-state index contributed by atoms with van der Waals surface area (Å²) in [5, 5.41) is 0. The standard InChI is InChI=1S/C14H19F9NO3/c1-4-10(25)26-9-7-24(2,3)6-5-8-27-11(12(15,16)17,13(18,19)20)14(21,22)23/h4H,1,5-9H2,2-3H3/q+1. The van der Waals surface area contributed by atoms with E-state index in [-0.39, 0.29) is 24.2 Å². The summed E-state index contributed by atoms with van der Waals surface area (Å²) >= 11 is 0. The molecular formula is C14H19F9NO3+. The summed E-state index contributed by atoms with van der Waals surface area (Å²) in [6.45, 7) is 1.56. The van der Waals surface area contributed by atoms with Gasteiger partial charge in [-0.1, -0.05) is 6.58 Å². The Morgan fingerprint density at radius 3 is 1.70 bits per heavy atom. The second kappa shape index (κ2) is 8.67.